The standard InChI is InChI=1S/C28H42O7/c1-29-27(30-2)15-25(19-33-17-23-11-7-5-8-12-23)21-35-22-26(16-28(31-3)32-4)20-34-18-24-13-9-6-10-14-24/h5-14,25-28H,15-22H2,1-4H3. The average molecular weight is 491 g/mol. The van der Waals surface area contributed by atoms with Crippen LogP contribution in [0, 0.1) is 11.8 Å². The van der Waals surface area contributed by atoms with E-state index in [-0.39, 0.29) is 24.4 Å². The molecule has 0 bridgehead atoms. The van der Waals surface area contributed by atoms with Gasteiger partial charge in [-0.25, -0.2) is 0 Å². The summed E-state index contributed by atoms with van der Waals surface area (Å²) in [5, 5.41) is 0. The molecule has 2 aromatic rings. The molecule has 0 N–H and O–H groups in total. The van der Waals surface area contributed by atoms with Crippen LogP contribution in [0.4, 0.5) is 0 Å². The number of hydrogen-bond donors (Lipinski definition) is 0. The highest BCUT2D eigenvalue weighted by Gasteiger charge is 2.20. The van der Waals surface area contributed by atoms with Gasteiger partial charge < -0.3 is 33.2 Å². The van der Waals surface area contributed by atoms with Gasteiger partial charge >= 0.3 is 0 Å². The summed E-state index contributed by atoms with van der Waals surface area (Å²) in [5.74, 6) is 0.241. The normalized spacial score (nSPS) is 13.4. The van der Waals surface area contributed by atoms with E-state index >= 15 is 0 Å². The van der Waals surface area contributed by atoms with Crippen molar-refractivity contribution in [2.75, 3.05) is 54.9 Å². The minimum absolute atomic E-state index is 0.121. The second-order valence-corrected chi connectivity index (χ2v) is 8.54. The molecule has 0 spiro atoms. The molecule has 0 saturated heterocycles. The molecule has 7 heteroatoms. The summed E-state index contributed by atoms with van der Waals surface area (Å²) in [6.07, 6.45) is 0.742. The SMILES string of the molecule is COC(CC(COCc1ccccc1)COCC(COCc1ccccc1)CC(OC)OC)OC. The third-order valence-electron chi connectivity index (χ3n) is 5.74. The maximum Gasteiger partial charge on any atom is 0.157 e. The molecule has 0 aliphatic heterocycles. The molecule has 2 unspecified atom stereocenters. The van der Waals surface area contributed by atoms with Gasteiger partial charge in [0, 0.05) is 53.1 Å². The van der Waals surface area contributed by atoms with Gasteiger partial charge in [0.1, 0.15) is 0 Å². The molecule has 0 aliphatic rings. The summed E-state index contributed by atoms with van der Waals surface area (Å²) in [4.78, 5) is 0. The van der Waals surface area contributed by atoms with E-state index in [0.717, 1.165) is 11.1 Å². The molecule has 0 radical (unpaired) electrons. The molecule has 2 rings (SSSR count). The lowest BCUT2D eigenvalue weighted by Gasteiger charge is -2.25. The molecule has 35 heavy (non-hydrogen) atoms. The Kier molecular flexibility index (Phi) is 15.5. The van der Waals surface area contributed by atoms with Crippen molar-refractivity contribution in [1.82, 2.24) is 0 Å². The van der Waals surface area contributed by atoms with Crippen molar-refractivity contribution < 1.29 is 33.2 Å². The van der Waals surface area contributed by atoms with Gasteiger partial charge in [-0.15, -0.1) is 0 Å². The molecule has 0 aliphatic carbocycles. The van der Waals surface area contributed by atoms with Crippen molar-refractivity contribution in [3.8, 4) is 0 Å². The smallest absolute Gasteiger partial charge is 0.157 e. The van der Waals surface area contributed by atoms with E-state index in [9.17, 15) is 0 Å². The molecule has 0 saturated carbocycles. The number of methoxy groups -OCH3 is 4. The molecule has 196 valence electrons. The van der Waals surface area contributed by atoms with Crippen molar-refractivity contribution >= 4 is 0 Å². The molecular weight excluding hydrogens is 448 g/mol. The van der Waals surface area contributed by atoms with Crippen LogP contribution < -0.4 is 0 Å². The second kappa shape index (κ2) is 18.4. The Labute approximate surface area is 210 Å². The van der Waals surface area contributed by atoms with Crippen LogP contribution in [-0.2, 0) is 46.4 Å². The fourth-order valence-corrected chi connectivity index (χ4v) is 3.73. The first-order valence-corrected chi connectivity index (χ1v) is 12.1. The predicted molar refractivity (Wildman–Crippen MR) is 135 cm³/mol. The molecule has 0 fully saturated rings. The largest absolute Gasteiger partial charge is 0.381 e. The van der Waals surface area contributed by atoms with Gasteiger partial charge in [0.25, 0.3) is 0 Å². The monoisotopic (exact) mass is 490 g/mol. The zero-order valence-electron chi connectivity index (χ0n) is 21.6. The first kappa shape index (κ1) is 29.4. The van der Waals surface area contributed by atoms with Crippen LogP contribution in [-0.4, -0.2) is 67.4 Å². The lowest BCUT2D eigenvalue weighted by atomic mass is 10.1. The Morgan fingerprint density at radius 3 is 1.17 bits per heavy atom. The summed E-state index contributed by atoms with van der Waals surface area (Å²) in [6, 6.07) is 20.3. The second-order valence-electron chi connectivity index (χ2n) is 8.54. The zero-order chi connectivity index (χ0) is 25.1. The molecule has 7 nitrogen and oxygen atoms in total. The van der Waals surface area contributed by atoms with Crippen molar-refractivity contribution in [2.45, 2.75) is 38.6 Å². The van der Waals surface area contributed by atoms with Crippen LogP contribution in [0.3, 0.4) is 0 Å². The van der Waals surface area contributed by atoms with Gasteiger partial charge in [-0.2, -0.15) is 0 Å². The Morgan fingerprint density at radius 2 is 0.829 bits per heavy atom. The topological polar surface area (TPSA) is 64.6 Å². The van der Waals surface area contributed by atoms with E-state index in [1.165, 1.54) is 0 Å². The zero-order valence-corrected chi connectivity index (χ0v) is 21.6. The summed E-state index contributed by atoms with van der Waals surface area (Å²) in [7, 11) is 6.58. The molecule has 0 heterocycles. The Bertz CT molecular complexity index is 672. The lowest BCUT2D eigenvalue weighted by molar-refractivity contribution is -0.132. The molecule has 0 amide bonds. The van der Waals surface area contributed by atoms with Crippen LogP contribution in [0.25, 0.3) is 0 Å². The molecular formula is C28H42O7. The maximum atomic E-state index is 6.16. The fraction of sp³-hybridized carbons (Fsp3) is 0.571. The van der Waals surface area contributed by atoms with Gasteiger partial charge in [0.2, 0.25) is 0 Å². The molecule has 2 aromatic carbocycles. The third kappa shape index (κ3) is 12.6. The van der Waals surface area contributed by atoms with Gasteiger partial charge in [0.15, 0.2) is 12.6 Å². The van der Waals surface area contributed by atoms with E-state index in [1.54, 1.807) is 28.4 Å². The van der Waals surface area contributed by atoms with Crippen LogP contribution in [0.15, 0.2) is 60.7 Å². The average Bonchev–Trinajstić information content (AvgIpc) is 2.90. The number of hydrogen-bond acceptors (Lipinski definition) is 7. The Morgan fingerprint density at radius 1 is 0.486 bits per heavy atom. The number of rotatable bonds is 20. The van der Waals surface area contributed by atoms with E-state index in [0.29, 0.717) is 52.5 Å². The maximum absolute atomic E-state index is 6.16. The van der Waals surface area contributed by atoms with Crippen LogP contribution in [0.1, 0.15) is 24.0 Å². The predicted octanol–water partition coefficient (Wildman–Crippen LogP) is 4.69. The first-order chi connectivity index (χ1) is 17.2. The van der Waals surface area contributed by atoms with Crippen molar-refractivity contribution in [2.24, 2.45) is 11.8 Å². The van der Waals surface area contributed by atoms with Crippen LogP contribution >= 0.6 is 0 Å². The van der Waals surface area contributed by atoms with Crippen molar-refractivity contribution in [3.05, 3.63) is 71.8 Å². The summed E-state index contributed by atoms with van der Waals surface area (Å²) in [5.41, 5.74) is 2.28. The van der Waals surface area contributed by atoms with Gasteiger partial charge in [-0.3, -0.25) is 0 Å². The highest BCUT2D eigenvalue weighted by atomic mass is 16.7. The summed E-state index contributed by atoms with van der Waals surface area (Å²) < 4.78 is 39.8. The number of benzene rings is 2. The van der Waals surface area contributed by atoms with Crippen molar-refractivity contribution in [3.63, 3.8) is 0 Å². The van der Waals surface area contributed by atoms with Crippen LogP contribution in [0.2, 0.25) is 0 Å². The quantitative estimate of drug-likeness (QED) is 0.250. The minimum atomic E-state index is -0.305. The fourth-order valence-electron chi connectivity index (χ4n) is 3.73. The Hall–Kier alpha value is -1.84. The summed E-state index contributed by atoms with van der Waals surface area (Å²) >= 11 is 0. The van der Waals surface area contributed by atoms with E-state index < -0.39 is 0 Å². The summed E-state index contributed by atoms with van der Waals surface area (Å²) in [6.45, 7) is 3.26. The highest BCUT2D eigenvalue weighted by Crippen LogP contribution is 2.16. The minimum Gasteiger partial charge on any atom is -0.381 e. The van der Waals surface area contributed by atoms with E-state index in [1.807, 2.05) is 36.4 Å². The number of ether oxygens (including phenoxy) is 7. The van der Waals surface area contributed by atoms with Crippen LogP contribution in [0.5, 0.6) is 0 Å². The van der Waals surface area contributed by atoms with Gasteiger partial charge in [0.05, 0.1) is 39.6 Å². The van der Waals surface area contributed by atoms with E-state index in [2.05, 4.69) is 24.3 Å². The third-order valence-corrected chi connectivity index (χ3v) is 5.74. The highest BCUT2D eigenvalue weighted by molar-refractivity contribution is 5.14. The molecule has 2 atom stereocenters. The van der Waals surface area contributed by atoms with Gasteiger partial charge in [-0.05, 0) is 11.1 Å². The molecule has 0 aromatic heterocycles. The lowest BCUT2D eigenvalue weighted by Crippen LogP contribution is -2.28. The van der Waals surface area contributed by atoms with Gasteiger partial charge in [-0.1, -0.05) is 60.7 Å². The Balaban J connectivity index is 1.86. The van der Waals surface area contributed by atoms with E-state index in [4.69, 9.17) is 33.2 Å². The van der Waals surface area contributed by atoms with Crippen molar-refractivity contribution in [1.29, 1.82) is 0 Å². The first-order valence-electron chi connectivity index (χ1n) is 12.1.